The van der Waals surface area contributed by atoms with E-state index in [2.05, 4.69) is 74.6 Å². The van der Waals surface area contributed by atoms with E-state index in [-0.39, 0.29) is 38.8 Å². The van der Waals surface area contributed by atoms with Crippen LogP contribution in [0.25, 0.3) is 0 Å². The van der Waals surface area contributed by atoms with Gasteiger partial charge >= 0.3 is 13.8 Å². The van der Waals surface area contributed by atoms with E-state index in [0.29, 0.717) is 6.42 Å². The molecule has 0 fully saturated rings. The predicted octanol–water partition coefficient (Wildman–Crippen LogP) is 12.3. The Bertz CT molecular complexity index is 1020. The zero-order valence-corrected chi connectivity index (χ0v) is 33.9. The molecule has 52 heavy (non-hydrogen) atoms. The van der Waals surface area contributed by atoms with Crippen LogP contribution in [0.3, 0.4) is 0 Å². The maximum absolute atomic E-state index is 12.4. The van der Waals surface area contributed by atoms with Gasteiger partial charge in [-0.1, -0.05) is 158 Å². The van der Waals surface area contributed by atoms with Gasteiger partial charge in [-0.25, -0.2) is 4.57 Å². The lowest BCUT2D eigenvalue weighted by atomic mass is 10.0. The molecule has 300 valence electrons. The smallest absolute Gasteiger partial charge is 0.472 e. The van der Waals surface area contributed by atoms with Gasteiger partial charge in [0.25, 0.3) is 0 Å². The summed E-state index contributed by atoms with van der Waals surface area (Å²) in [5, 5.41) is 0. The second kappa shape index (κ2) is 40.0. The van der Waals surface area contributed by atoms with Crippen molar-refractivity contribution in [2.75, 3.05) is 26.4 Å². The van der Waals surface area contributed by atoms with E-state index in [9.17, 15) is 14.3 Å². The summed E-state index contributed by atoms with van der Waals surface area (Å²) in [7, 11) is -4.28. The molecule has 3 N–H and O–H groups in total. The Balaban J connectivity index is 4.22. The molecule has 0 saturated carbocycles. The number of nitrogens with two attached hydrogens (primary N) is 1. The van der Waals surface area contributed by atoms with Gasteiger partial charge in [0.2, 0.25) is 0 Å². The molecule has 0 aromatic carbocycles. The minimum atomic E-state index is -4.28. The van der Waals surface area contributed by atoms with Gasteiger partial charge in [0, 0.05) is 13.0 Å². The lowest BCUT2D eigenvalue weighted by molar-refractivity contribution is -0.147. The highest BCUT2D eigenvalue weighted by Gasteiger charge is 2.24. The standard InChI is InChI=1S/C43H76NO7P/c1-3-5-7-9-11-13-15-17-19-21-22-24-26-28-30-32-34-36-43(45)49-40-42(41-51-52(46,47)50-39-37-44)48-38-35-33-31-29-27-25-23-20-18-16-14-12-10-8-6-4-2/h5,7,11,13,17,19,22,24,28,30,35,38,42H,3-4,6,8-10,12,14-16,18,20-21,23,25-27,29,31-34,36-37,39-41,44H2,1-2H3,(H,46,47)/b7-5-,13-11-,19-17-,24-22-,30-28-,38-35-/t42-/m1/s1. The zero-order chi connectivity index (χ0) is 38.1. The lowest BCUT2D eigenvalue weighted by Crippen LogP contribution is -2.25. The van der Waals surface area contributed by atoms with E-state index in [1.165, 1.54) is 83.5 Å². The highest BCUT2D eigenvalue weighted by molar-refractivity contribution is 7.47. The predicted molar refractivity (Wildman–Crippen MR) is 219 cm³/mol. The minimum Gasteiger partial charge on any atom is -0.492 e. The molecule has 0 amide bonds. The number of unbranched alkanes of at least 4 members (excludes halogenated alkanes) is 15. The SMILES string of the molecule is CC/C=C\C/C=C\C/C=C\C/C=C\C/C=C\CCCC(=O)OC[C@H](COP(=O)(O)OCCN)O/C=C\CCCCCCCCCCCCCCCC. The Kier molecular flexibility index (Phi) is 38.3. The number of ether oxygens (including phenoxy) is 2. The van der Waals surface area contributed by atoms with Gasteiger partial charge in [-0.2, -0.15) is 0 Å². The first kappa shape index (κ1) is 49.8. The summed E-state index contributed by atoms with van der Waals surface area (Å²) in [4.78, 5) is 22.2. The second-order valence-electron chi connectivity index (χ2n) is 13.2. The molecule has 0 aliphatic heterocycles. The third kappa shape index (κ3) is 39.0. The molecular weight excluding hydrogens is 673 g/mol. The third-order valence-electron chi connectivity index (χ3n) is 8.23. The maximum atomic E-state index is 12.4. The highest BCUT2D eigenvalue weighted by atomic mass is 31.2. The van der Waals surface area contributed by atoms with Crippen LogP contribution in [0.1, 0.15) is 162 Å². The van der Waals surface area contributed by atoms with Crippen LogP contribution in [-0.4, -0.2) is 43.3 Å². The van der Waals surface area contributed by atoms with Gasteiger partial charge in [-0.15, -0.1) is 0 Å². The average Bonchev–Trinajstić information content (AvgIpc) is 3.14. The van der Waals surface area contributed by atoms with Gasteiger partial charge < -0.3 is 20.1 Å². The molecule has 0 aromatic heterocycles. The molecule has 9 heteroatoms. The lowest BCUT2D eigenvalue weighted by Gasteiger charge is -2.19. The van der Waals surface area contributed by atoms with E-state index in [1.807, 2.05) is 6.08 Å². The van der Waals surface area contributed by atoms with E-state index < -0.39 is 13.9 Å². The number of rotatable bonds is 38. The summed E-state index contributed by atoms with van der Waals surface area (Å²) in [6.45, 7) is 4.03. The molecule has 1 unspecified atom stereocenters. The minimum absolute atomic E-state index is 0.0903. The molecule has 2 atom stereocenters. The van der Waals surface area contributed by atoms with Gasteiger partial charge in [0.1, 0.15) is 6.61 Å². The summed E-state index contributed by atoms with van der Waals surface area (Å²) in [5.74, 6) is -0.348. The van der Waals surface area contributed by atoms with Crippen molar-refractivity contribution in [1.29, 1.82) is 0 Å². The summed E-state index contributed by atoms with van der Waals surface area (Å²) in [5.41, 5.74) is 5.35. The number of allylic oxidation sites excluding steroid dienone is 11. The summed E-state index contributed by atoms with van der Waals surface area (Å²) in [6, 6.07) is 0. The molecule has 0 aliphatic rings. The van der Waals surface area contributed by atoms with E-state index >= 15 is 0 Å². The number of phosphoric acid groups is 1. The number of hydrogen-bond donors (Lipinski definition) is 2. The molecule has 0 rings (SSSR count). The Labute approximate surface area is 318 Å². The number of esters is 1. The molecule has 8 nitrogen and oxygen atoms in total. The fraction of sp³-hybridized carbons (Fsp3) is 0.698. The monoisotopic (exact) mass is 750 g/mol. The van der Waals surface area contributed by atoms with Gasteiger partial charge in [0.05, 0.1) is 19.5 Å². The van der Waals surface area contributed by atoms with Crippen molar-refractivity contribution in [1.82, 2.24) is 0 Å². The Morgan fingerprint density at radius 1 is 0.615 bits per heavy atom. The number of hydrogen-bond acceptors (Lipinski definition) is 7. The maximum Gasteiger partial charge on any atom is 0.472 e. The molecule has 0 aliphatic carbocycles. The van der Waals surface area contributed by atoms with Gasteiger partial charge in [-0.05, 0) is 63.9 Å². The fourth-order valence-corrected chi connectivity index (χ4v) is 5.96. The molecule has 0 bridgehead atoms. The summed E-state index contributed by atoms with van der Waals surface area (Å²) < 4.78 is 33.1. The molecule has 0 saturated heterocycles. The van der Waals surface area contributed by atoms with Crippen molar-refractivity contribution in [2.45, 2.75) is 168 Å². The van der Waals surface area contributed by atoms with Crippen molar-refractivity contribution in [3.05, 3.63) is 73.1 Å². The molecule has 0 aromatic rings. The van der Waals surface area contributed by atoms with Crippen LogP contribution >= 0.6 is 7.82 Å². The molecular formula is C43H76NO7P. The first-order valence-electron chi connectivity index (χ1n) is 20.5. The first-order valence-corrected chi connectivity index (χ1v) is 22.0. The topological polar surface area (TPSA) is 117 Å². The Morgan fingerprint density at radius 2 is 1.10 bits per heavy atom. The number of phosphoric ester groups is 1. The Morgan fingerprint density at radius 3 is 1.62 bits per heavy atom. The number of carbonyl (C=O) groups is 1. The van der Waals surface area contributed by atoms with Crippen molar-refractivity contribution < 1.29 is 32.8 Å². The van der Waals surface area contributed by atoms with Crippen LogP contribution in [0.15, 0.2) is 73.1 Å². The van der Waals surface area contributed by atoms with Crippen LogP contribution in [0, 0.1) is 0 Å². The van der Waals surface area contributed by atoms with Crippen LogP contribution in [0.5, 0.6) is 0 Å². The van der Waals surface area contributed by atoms with E-state index in [1.54, 1.807) is 6.26 Å². The van der Waals surface area contributed by atoms with Crippen molar-refractivity contribution in [2.24, 2.45) is 5.73 Å². The largest absolute Gasteiger partial charge is 0.492 e. The highest BCUT2D eigenvalue weighted by Crippen LogP contribution is 2.43. The van der Waals surface area contributed by atoms with Crippen LogP contribution in [-0.2, 0) is 27.9 Å². The quantitative estimate of drug-likeness (QED) is 0.0211. The molecule has 0 spiro atoms. The normalized spacial score (nSPS) is 14.2. The van der Waals surface area contributed by atoms with Crippen molar-refractivity contribution in [3.8, 4) is 0 Å². The first-order chi connectivity index (χ1) is 25.4. The third-order valence-corrected chi connectivity index (χ3v) is 9.21. The van der Waals surface area contributed by atoms with E-state index in [0.717, 1.165) is 51.4 Å². The van der Waals surface area contributed by atoms with Crippen LogP contribution in [0.2, 0.25) is 0 Å². The second-order valence-corrected chi connectivity index (χ2v) is 14.6. The molecule has 0 radical (unpaired) electrons. The zero-order valence-electron chi connectivity index (χ0n) is 33.0. The van der Waals surface area contributed by atoms with Crippen LogP contribution < -0.4 is 5.73 Å². The average molecular weight is 750 g/mol. The van der Waals surface area contributed by atoms with Gasteiger partial charge in [0.15, 0.2) is 6.10 Å². The summed E-state index contributed by atoms with van der Waals surface area (Å²) in [6.07, 6.45) is 50.2. The van der Waals surface area contributed by atoms with Crippen LogP contribution in [0.4, 0.5) is 0 Å². The summed E-state index contributed by atoms with van der Waals surface area (Å²) >= 11 is 0. The van der Waals surface area contributed by atoms with Crippen molar-refractivity contribution >= 4 is 13.8 Å². The fourth-order valence-electron chi connectivity index (χ4n) is 5.19. The molecule has 0 heterocycles. The number of carbonyl (C=O) groups excluding carboxylic acids is 1. The Hall–Kier alpha value is -2.22. The van der Waals surface area contributed by atoms with Crippen molar-refractivity contribution in [3.63, 3.8) is 0 Å². The van der Waals surface area contributed by atoms with E-state index in [4.69, 9.17) is 24.3 Å². The van der Waals surface area contributed by atoms with Gasteiger partial charge in [-0.3, -0.25) is 13.8 Å².